The Balaban J connectivity index is 2.04. The molecule has 0 aliphatic carbocycles. The summed E-state index contributed by atoms with van der Waals surface area (Å²) in [5.41, 5.74) is 16.0. The highest BCUT2D eigenvalue weighted by Crippen LogP contribution is 2.38. The minimum absolute atomic E-state index is 0.0886. The number of carbonyl (C=O) groups is 2. The minimum Gasteiger partial charge on any atom is -0.490 e. The van der Waals surface area contributed by atoms with Crippen LogP contribution < -0.4 is 31.6 Å². The van der Waals surface area contributed by atoms with Crippen molar-refractivity contribution in [2.45, 2.75) is 60.0 Å². The van der Waals surface area contributed by atoms with Gasteiger partial charge in [0.2, 0.25) is 5.91 Å². The summed E-state index contributed by atoms with van der Waals surface area (Å²) in [6, 6.07) is 8.87. The van der Waals surface area contributed by atoms with Gasteiger partial charge in [0.15, 0.2) is 11.5 Å². The maximum atomic E-state index is 12.6. The number of amides is 2. The highest BCUT2D eigenvalue weighted by atomic mass is 16.5. The van der Waals surface area contributed by atoms with Crippen LogP contribution in [0.4, 0.5) is 11.4 Å². The van der Waals surface area contributed by atoms with E-state index in [1.165, 1.54) is 6.20 Å². The second kappa shape index (κ2) is 13.1. The molecule has 1 unspecified atom stereocenters. The Bertz CT molecular complexity index is 1290. The minimum atomic E-state index is -0.603. The van der Waals surface area contributed by atoms with Crippen LogP contribution in [0.15, 0.2) is 36.5 Å². The standard InChI is InChI=1S/C29H39N5O4/c1-6-17(5)26(30)29(36)33-15-18-11-10-12-22(19(18)7-2)34-27-20-13-24(37-8-3)25(38-9-4)14-23(20)32-16-21(27)28(31)35/h10-14,16-17,26H,6-9,15,30H2,1-5H3,(H2,31,35)(H,32,34)(H,33,36)/t17?,26-/m0/s1. The Morgan fingerprint density at radius 2 is 1.74 bits per heavy atom. The van der Waals surface area contributed by atoms with Gasteiger partial charge < -0.3 is 31.6 Å². The van der Waals surface area contributed by atoms with E-state index in [0.29, 0.717) is 54.3 Å². The first-order valence-electron chi connectivity index (χ1n) is 13.2. The molecule has 2 amide bonds. The number of hydrogen-bond acceptors (Lipinski definition) is 7. The quantitative estimate of drug-likeness (QED) is 0.261. The van der Waals surface area contributed by atoms with E-state index in [-0.39, 0.29) is 17.4 Å². The van der Waals surface area contributed by atoms with Crippen LogP contribution in [0.3, 0.4) is 0 Å². The molecule has 0 saturated carbocycles. The van der Waals surface area contributed by atoms with Gasteiger partial charge in [0.25, 0.3) is 5.91 Å². The van der Waals surface area contributed by atoms with E-state index in [9.17, 15) is 9.59 Å². The van der Waals surface area contributed by atoms with E-state index in [1.807, 2.05) is 58.9 Å². The van der Waals surface area contributed by atoms with Crippen LogP contribution in [-0.2, 0) is 17.8 Å². The van der Waals surface area contributed by atoms with Gasteiger partial charge in [-0.25, -0.2) is 0 Å². The summed E-state index contributed by atoms with van der Waals surface area (Å²) < 4.78 is 11.6. The zero-order valence-electron chi connectivity index (χ0n) is 22.9. The molecule has 1 aromatic heterocycles. The van der Waals surface area contributed by atoms with Gasteiger partial charge in [-0.2, -0.15) is 0 Å². The molecule has 38 heavy (non-hydrogen) atoms. The number of fused-ring (bicyclic) bond motifs is 1. The number of hydrogen-bond donors (Lipinski definition) is 4. The van der Waals surface area contributed by atoms with Gasteiger partial charge in [-0.1, -0.05) is 39.3 Å². The Labute approximate surface area is 224 Å². The molecular formula is C29H39N5O4. The van der Waals surface area contributed by atoms with Crippen molar-refractivity contribution >= 4 is 34.1 Å². The number of carbonyl (C=O) groups excluding carboxylic acids is 2. The van der Waals surface area contributed by atoms with Gasteiger partial charge >= 0.3 is 0 Å². The summed E-state index contributed by atoms with van der Waals surface area (Å²) in [7, 11) is 0. The van der Waals surface area contributed by atoms with Gasteiger partial charge in [0.05, 0.1) is 36.0 Å². The molecule has 9 heteroatoms. The van der Waals surface area contributed by atoms with E-state index in [4.69, 9.17) is 20.9 Å². The number of aromatic nitrogens is 1. The zero-order chi connectivity index (χ0) is 27.8. The molecule has 3 rings (SSSR count). The summed E-state index contributed by atoms with van der Waals surface area (Å²) >= 11 is 0. The first-order chi connectivity index (χ1) is 18.2. The lowest BCUT2D eigenvalue weighted by atomic mass is 9.98. The molecule has 3 aromatic rings. The van der Waals surface area contributed by atoms with Crippen molar-refractivity contribution in [2.75, 3.05) is 18.5 Å². The molecule has 204 valence electrons. The summed E-state index contributed by atoms with van der Waals surface area (Å²) in [6.07, 6.45) is 2.99. The summed E-state index contributed by atoms with van der Waals surface area (Å²) in [5, 5.41) is 7.09. The lowest BCUT2D eigenvalue weighted by molar-refractivity contribution is -0.123. The smallest absolute Gasteiger partial charge is 0.252 e. The van der Waals surface area contributed by atoms with Gasteiger partial charge in [-0.05, 0) is 49.4 Å². The van der Waals surface area contributed by atoms with E-state index < -0.39 is 11.9 Å². The number of anilines is 2. The van der Waals surface area contributed by atoms with Crippen LogP contribution in [0.2, 0.25) is 0 Å². The summed E-state index contributed by atoms with van der Waals surface area (Å²) in [5.74, 6) is 0.442. The first-order valence-corrected chi connectivity index (χ1v) is 13.2. The molecule has 1 heterocycles. The average Bonchev–Trinajstić information content (AvgIpc) is 2.91. The molecule has 0 fully saturated rings. The number of nitrogens with one attached hydrogen (secondary N) is 2. The third-order valence-electron chi connectivity index (χ3n) is 6.70. The third kappa shape index (κ3) is 6.34. The largest absolute Gasteiger partial charge is 0.490 e. The van der Waals surface area contributed by atoms with Crippen molar-refractivity contribution in [2.24, 2.45) is 17.4 Å². The van der Waals surface area contributed by atoms with Crippen LogP contribution in [0.1, 0.15) is 62.5 Å². The topological polar surface area (TPSA) is 142 Å². The predicted octanol–water partition coefficient (Wildman–Crippen LogP) is 4.43. The highest BCUT2D eigenvalue weighted by Gasteiger charge is 2.21. The monoisotopic (exact) mass is 521 g/mol. The van der Waals surface area contributed by atoms with Crippen molar-refractivity contribution in [1.82, 2.24) is 10.3 Å². The second-order valence-corrected chi connectivity index (χ2v) is 9.14. The number of benzene rings is 2. The Hall–Kier alpha value is -3.85. The number of ether oxygens (including phenoxy) is 2. The first kappa shape index (κ1) is 28.7. The van der Waals surface area contributed by atoms with Gasteiger partial charge in [-0.15, -0.1) is 0 Å². The van der Waals surface area contributed by atoms with Crippen molar-refractivity contribution in [3.8, 4) is 11.5 Å². The average molecular weight is 522 g/mol. The molecule has 2 aromatic carbocycles. The van der Waals surface area contributed by atoms with Crippen LogP contribution in [0.5, 0.6) is 11.5 Å². The zero-order valence-corrected chi connectivity index (χ0v) is 22.9. The van der Waals surface area contributed by atoms with Crippen LogP contribution in [0, 0.1) is 5.92 Å². The van der Waals surface area contributed by atoms with Crippen molar-refractivity contribution in [3.05, 3.63) is 53.2 Å². The number of rotatable bonds is 13. The fraction of sp³-hybridized carbons (Fsp3) is 0.414. The number of pyridine rings is 1. The Morgan fingerprint density at radius 1 is 1.05 bits per heavy atom. The highest BCUT2D eigenvalue weighted by molar-refractivity contribution is 6.08. The summed E-state index contributed by atoms with van der Waals surface area (Å²) in [6.45, 7) is 11.1. The van der Waals surface area contributed by atoms with E-state index in [1.54, 1.807) is 6.07 Å². The normalized spacial score (nSPS) is 12.6. The molecule has 9 nitrogen and oxygen atoms in total. The molecule has 0 saturated heterocycles. The maximum absolute atomic E-state index is 12.6. The molecule has 0 aliphatic rings. The van der Waals surface area contributed by atoms with Crippen molar-refractivity contribution < 1.29 is 19.1 Å². The van der Waals surface area contributed by atoms with Crippen LogP contribution >= 0.6 is 0 Å². The van der Waals surface area contributed by atoms with E-state index in [2.05, 4.69) is 15.6 Å². The molecule has 0 bridgehead atoms. The van der Waals surface area contributed by atoms with Gasteiger partial charge in [-0.3, -0.25) is 14.6 Å². The Kier molecular flexibility index (Phi) is 9.90. The number of primary amides is 1. The van der Waals surface area contributed by atoms with Crippen molar-refractivity contribution in [3.63, 3.8) is 0 Å². The third-order valence-corrected chi connectivity index (χ3v) is 6.70. The van der Waals surface area contributed by atoms with Gasteiger partial charge in [0, 0.05) is 29.9 Å². The SMILES string of the molecule is CCOc1cc2ncc(C(N)=O)c(Nc3cccc(CNC(=O)[C@@H](N)C(C)CC)c3CC)c2cc1OCC. The number of nitrogens with zero attached hydrogens (tertiary/aromatic N) is 1. The molecule has 0 radical (unpaired) electrons. The number of nitrogens with two attached hydrogens (primary N) is 2. The molecular weight excluding hydrogens is 482 g/mol. The Morgan fingerprint density at radius 3 is 2.34 bits per heavy atom. The van der Waals surface area contributed by atoms with Crippen LogP contribution in [-0.4, -0.2) is 36.1 Å². The van der Waals surface area contributed by atoms with Crippen molar-refractivity contribution in [1.29, 1.82) is 0 Å². The van der Waals surface area contributed by atoms with Crippen LogP contribution in [0.25, 0.3) is 10.9 Å². The maximum Gasteiger partial charge on any atom is 0.252 e. The lowest BCUT2D eigenvalue weighted by Crippen LogP contribution is -2.44. The fourth-order valence-corrected chi connectivity index (χ4v) is 4.34. The molecule has 0 spiro atoms. The van der Waals surface area contributed by atoms with E-state index >= 15 is 0 Å². The summed E-state index contributed by atoms with van der Waals surface area (Å²) in [4.78, 5) is 29.5. The lowest BCUT2D eigenvalue weighted by Gasteiger charge is -2.21. The fourth-order valence-electron chi connectivity index (χ4n) is 4.34. The molecule has 0 aliphatic heterocycles. The van der Waals surface area contributed by atoms with Gasteiger partial charge in [0.1, 0.15) is 0 Å². The molecule has 2 atom stereocenters. The predicted molar refractivity (Wildman–Crippen MR) is 151 cm³/mol. The molecule has 6 N–H and O–H groups in total. The van der Waals surface area contributed by atoms with E-state index in [0.717, 1.165) is 23.2 Å². The second-order valence-electron chi connectivity index (χ2n) is 9.14.